The normalized spacial score (nSPS) is 14.2. The van der Waals surface area contributed by atoms with Gasteiger partial charge in [0.05, 0.1) is 19.1 Å². The molecule has 2 heterocycles. The van der Waals surface area contributed by atoms with Crippen LogP contribution in [0.3, 0.4) is 0 Å². The number of carbonyl (C=O) groups is 14. The number of fused-ring (bicyclic) bond motifs is 2. The summed E-state index contributed by atoms with van der Waals surface area (Å²) in [6.45, 7) is 9.17. The van der Waals surface area contributed by atoms with E-state index in [1.54, 1.807) is 81.0 Å². The number of nitrogens with two attached hydrogens (primary N) is 2. The zero-order valence-electron chi connectivity index (χ0n) is 63.9. The Labute approximate surface area is 655 Å². The Balaban J connectivity index is 1.27. The van der Waals surface area contributed by atoms with Crippen molar-refractivity contribution in [2.75, 3.05) is 25.1 Å². The number of hydrogen-bond acceptors (Lipinski definition) is 19. The summed E-state index contributed by atoms with van der Waals surface area (Å²) in [5.41, 5.74) is 11.7. The van der Waals surface area contributed by atoms with Crippen LogP contribution >= 0.6 is 11.8 Å². The van der Waals surface area contributed by atoms with Crippen molar-refractivity contribution < 1.29 is 87.5 Å². The number of carbonyl (C=O) groups excluding carboxylic acids is 13. The standard InChI is InChI=1S/C76H102N18O18S/c1-39(2)30-55(68(106)88-56(31-43-19-23-47(97)24-20-43)66(104)83-38-61(99)85-53(64(77)102)18-13-28-80-75(78)79)87-70(108)58(33-45-36-81-51-16-11-9-14-49(45)51)90-69(107)57(32-44-21-25-48(98)26-22-44)89-71(109)60(35-62(100)101)92-74(112)76(6,7)94-72(110)59(34-46-37-82-52-17-12-10-15-50(46)52)91-73(111)63(41(4)95)93-67(105)54(27-29-113-8)86-65(103)40(3)84-42(5)96/h9-12,14-17,19-26,36-37,39-41,53-60,63,81-82,95,97-98H,13,18,27-35,38H2,1-8H3,(H2,77,102)(H,83,104)(H,84,96)(H,85,99)(H,86,103)(H,87,108)(H,88,106)(H,89,109)(H,90,107)(H,91,111)(H,92,112)(H,93,105)(H,94,110)(H,100,101)(H4,78,79,80)/t40-,41+,53-,54-,55-,56-,57-,58-,59-,60-,63-/m0/s1. The molecule has 36 nitrogen and oxygen atoms in total. The van der Waals surface area contributed by atoms with Gasteiger partial charge in [0.15, 0.2) is 5.96 Å². The first-order valence-corrected chi connectivity index (χ1v) is 37.8. The van der Waals surface area contributed by atoms with E-state index in [4.69, 9.17) is 16.9 Å². The van der Waals surface area contributed by atoms with E-state index in [1.165, 1.54) is 94.9 Å². The highest BCUT2D eigenvalue weighted by Gasteiger charge is 2.40. The second-order valence-corrected chi connectivity index (χ2v) is 29.2. The van der Waals surface area contributed by atoms with Crippen molar-refractivity contribution in [1.82, 2.24) is 79.1 Å². The first kappa shape index (κ1) is 89.6. The number of nitrogens with one attached hydrogen (secondary N) is 16. The lowest BCUT2D eigenvalue weighted by Crippen LogP contribution is -2.64. The van der Waals surface area contributed by atoms with E-state index in [0.717, 1.165) is 0 Å². The van der Waals surface area contributed by atoms with Crippen molar-refractivity contribution in [3.8, 4) is 11.5 Å². The highest BCUT2D eigenvalue weighted by atomic mass is 32.2. The largest absolute Gasteiger partial charge is 0.508 e. The van der Waals surface area contributed by atoms with Crippen molar-refractivity contribution in [1.29, 1.82) is 5.41 Å². The molecule has 0 fully saturated rings. The minimum atomic E-state index is -2.10. The zero-order valence-corrected chi connectivity index (χ0v) is 64.7. The molecule has 0 aliphatic carbocycles. The molecule has 0 saturated heterocycles. The number of thioether (sulfide) groups is 1. The van der Waals surface area contributed by atoms with E-state index >= 15 is 9.59 Å². The molecular formula is C76H102N18O18S. The minimum Gasteiger partial charge on any atom is -0.508 e. The Morgan fingerprint density at radius 3 is 1.46 bits per heavy atom. The monoisotopic (exact) mass is 1590 g/mol. The van der Waals surface area contributed by atoms with Crippen molar-refractivity contribution in [2.24, 2.45) is 17.4 Å². The fourth-order valence-corrected chi connectivity index (χ4v) is 12.5. The maximum absolute atomic E-state index is 15.2. The number of guanidine groups is 1. The highest BCUT2D eigenvalue weighted by Crippen LogP contribution is 2.23. The number of aliphatic hydroxyl groups excluding tert-OH is 1. The smallest absolute Gasteiger partial charge is 0.305 e. The summed E-state index contributed by atoms with van der Waals surface area (Å²) >= 11 is 1.35. The van der Waals surface area contributed by atoms with E-state index < -0.39 is 174 Å². The first-order chi connectivity index (χ1) is 53.4. The van der Waals surface area contributed by atoms with E-state index in [2.05, 4.69) is 79.1 Å². The highest BCUT2D eigenvalue weighted by molar-refractivity contribution is 7.98. The van der Waals surface area contributed by atoms with Crippen LogP contribution in [-0.4, -0.2) is 216 Å². The van der Waals surface area contributed by atoms with Gasteiger partial charge in [-0.2, -0.15) is 11.8 Å². The molecule has 24 N–H and O–H groups in total. The quantitative estimate of drug-likeness (QED) is 0.0119. The Bertz CT molecular complexity index is 4380. The molecule has 2 aromatic heterocycles. The Morgan fingerprint density at radius 2 is 0.973 bits per heavy atom. The average Bonchev–Trinajstić information content (AvgIpc) is 1.71. The van der Waals surface area contributed by atoms with Crippen molar-refractivity contribution in [2.45, 2.75) is 178 Å². The Kier molecular flexibility index (Phi) is 33.9. The number of phenolic OH excluding ortho intramolecular Hbond substituents is 2. The number of primary amides is 1. The number of carboxylic acid groups (broad SMARTS) is 1. The van der Waals surface area contributed by atoms with E-state index in [1.807, 2.05) is 0 Å². The van der Waals surface area contributed by atoms with Crippen LogP contribution < -0.4 is 80.6 Å². The number of phenols is 2. The number of rotatable bonds is 44. The van der Waals surface area contributed by atoms with Gasteiger partial charge in [0.25, 0.3) is 0 Å². The number of benzene rings is 4. The third kappa shape index (κ3) is 28.5. The second kappa shape index (κ2) is 42.8. The Hall–Kier alpha value is -12.3. The SMILES string of the molecule is CSCC[C@H](NC(=O)[C@H](C)NC(C)=O)C(=O)N[C@H](C(=O)N[C@@H](Cc1c[nH]c2ccccc12)C(=O)NC(C)(C)C(=O)N[C@@H](CC(=O)O)C(=O)N[C@@H](Cc1ccc(O)cc1)C(=O)N[C@@H](Cc1c[nH]c2ccccc12)C(=O)N[C@@H](CC(C)C)C(=O)N[C@@H](Cc1ccc(O)cc1)C(=O)NCC(=O)N[C@@H](CCCNC(=N)N)C(N)=O)[C@@H](C)O. The fourth-order valence-electron chi connectivity index (χ4n) is 12.0. The number of hydrogen-bond donors (Lipinski definition) is 22. The van der Waals surface area contributed by atoms with Crippen molar-refractivity contribution in [3.63, 3.8) is 0 Å². The molecule has 11 atom stereocenters. The van der Waals surface area contributed by atoms with Crippen molar-refractivity contribution in [3.05, 3.63) is 132 Å². The van der Waals surface area contributed by atoms with Gasteiger partial charge in [0.2, 0.25) is 76.8 Å². The summed E-state index contributed by atoms with van der Waals surface area (Å²) in [5, 5.41) is 83.4. The molecule has 0 radical (unpaired) electrons. The predicted molar refractivity (Wildman–Crippen MR) is 418 cm³/mol. The van der Waals surface area contributed by atoms with Crippen LogP contribution in [0, 0.1) is 11.3 Å². The number of aromatic amines is 2. The number of aromatic hydroxyl groups is 2. The summed E-state index contributed by atoms with van der Waals surface area (Å²) in [7, 11) is 0. The molecule has 610 valence electrons. The number of para-hydroxylation sites is 2. The molecule has 6 aromatic rings. The topological polar surface area (TPSA) is 584 Å². The van der Waals surface area contributed by atoms with Gasteiger partial charge < -0.3 is 111 Å². The van der Waals surface area contributed by atoms with Gasteiger partial charge >= 0.3 is 5.97 Å². The molecule has 0 aliphatic heterocycles. The van der Waals surface area contributed by atoms with Crippen molar-refractivity contribution >= 4 is 122 Å². The van der Waals surface area contributed by atoms with Crippen LogP contribution in [0.5, 0.6) is 11.5 Å². The maximum atomic E-state index is 15.2. The average molecular weight is 1590 g/mol. The second-order valence-electron chi connectivity index (χ2n) is 28.3. The lowest BCUT2D eigenvalue weighted by atomic mass is 9.98. The predicted octanol–water partition coefficient (Wildman–Crippen LogP) is -1.37. The molecule has 0 aliphatic rings. The van der Waals surface area contributed by atoms with Gasteiger partial charge in [-0.3, -0.25) is 72.5 Å². The van der Waals surface area contributed by atoms with Gasteiger partial charge in [0, 0.05) is 73.4 Å². The first-order valence-electron chi connectivity index (χ1n) is 36.4. The molecule has 13 amide bonds. The molecule has 37 heteroatoms. The Morgan fingerprint density at radius 1 is 0.513 bits per heavy atom. The number of aliphatic carboxylic acids is 1. The zero-order chi connectivity index (χ0) is 83.4. The minimum absolute atomic E-state index is 0.0477. The van der Waals surface area contributed by atoms with Crippen LogP contribution in [-0.2, 0) is 92.8 Å². The number of carboxylic acids is 1. The molecule has 0 spiro atoms. The van der Waals surface area contributed by atoms with Gasteiger partial charge in [-0.15, -0.1) is 0 Å². The number of aliphatic hydroxyl groups is 1. The van der Waals surface area contributed by atoms with Gasteiger partial charge in [0.1, 0.15) is 77.5 Å². The molecule has 0 unspecified atom stereocenters. The summed E-state index contributed by atoms with van der Waals surface area (Å²) in [6, 6.07) is 9.76. The number of aromatic nitrogens is 2. The molecule has 0 bridgehead atoms. The summed E-state index contributed by atoms with van der Waals surface area (Å²) in [6.07, 6.45) is 1.24. The van der Waals surface area contributed by atoms with Gasteiger partial charge in [-0.1, -0.05) is 74.5 Å². The van der Waals surface area contributed by atoms with E-state index in [-0.39, 0.29) is 74.9 Å². The third-order valence-electron chi connectivity index (χ3n) is 18.0. The maximum Gasteiger partial charge on any atom is 0.305 e. The molecular weight excluding hydrogens is 1490 g/mol. The van der Waals surface area contributed by atoms with Crippen LogP contribution in [0.25, 0.3) is 21.8 Å². The van der Waals surface area contributed by atoms with Crippen LogP contribution in [0.1, 0.15) is 103 Å². The van der Waals surface area contributed by atoms with Crippen LogP contribution in [0.2, 0.25) is 0 Å². The molecule has 6 rings (SSSR count). The lowest BCUT2D eigenvalue weighted by Gasteiger charge is -2.31. The molecule has 0 saturated carbocycles. The molecule has 4 aromatic carbocycles. The fraction of sp³-hybridized carbons (Fsp3) is 0.434. The summed E-state index contributed by atoms with van der Waals surface area (Å²) < 4.78 is 0. The van der Waals surface area contributed by atoms with Gasteiger partial charge in [-0.25, -0.2) is 0 Å². The summed E-state index contributed by atoms with van der Waals surface area (Å²) in [4.78, 5) is 201. The van der Waals surface area contributed by atoms with Crippen LogP contribution in [0.15, 0.2) is 109 Å². The third-order valence-corrected chi connectivity index (χ3v) is 18.7. The number of H-pyrrole nitrogens is 2. The lowest BCUT2D eigenvalue weighted by molar-refractivity contribution is -0.142. The molecule has 113 heavy (non-hydrogen) atoms. The van der Waals surface area contributed by atoms with Crippen LogP contribution in [0.4, 0.5) is 0 Å². The number of amides is 13. The van der Waals surface area contributed by atoms with E-state index in [0.29, 0.717) is 49.8 Å². The van der Waals surface area contributed by atoms with E-state index in [9.17, 15) is 78.0 Å². The summed E-state index contributed by atoms with van der Waals surface area (Å²) in [5.74, 6) is -14.4. The van der Waals surface area contributed by atoms with Gasteiger partial charge in [-0.05, 0) is 130 Å².